The quantitative estimate of drug-likeness (QED) is 0.832. The van der Waals surface area contributed by atoms with Crippen molar-refractivity contribution in [3.05, 3.63) is 46.7 Å². The molecule has 2 aromatic rings. The number of nitrogens with one attached hydrogen (secondary N) is 1. The second kappa shape index (κ2) is 5.73. The van der Waals surface area contributed by atoms with Crippen molar-refractivity contribution in [1.82, 2.24) is 4.72 Å². The van der Waals surface area contributed by atoms with Gasteiger partial charge >= 0.3 is 0 Å². The van der Waals surface area contributed by atoms with Gasteiger partial charge in [0.25, 0.3) is 0 Å². The van der Waals surface area contributed by atoms with Crippen molar-refractivity contribution >= 4 is 27.0 Å². The van der Waals surface area contributed by atoms with Crippen molar-refractivity contribution in [3.8, 4) is 0 Å². The maximum Gasteiger partial charge on any atom is 0.240 e. The molecule has 6 heteroatoms. The molecule has 0 aliphatic heterocycles. The highest BCUT2D eigenvalue weighted by Gasteiger charge is 2.15. The van der Waals surface area contributed by atoms with E-state index in [1.165, 1.54) is 17.0 Å². The number of thiophene rings is 1. The van der Waals surface area contributed by atoms with Gasteiger partial charge in [-0.1, -0.05) is 13.0 Å². The lowest BCUT2D eigenvalue weighted by Gasteiger charge is -2.11. The predicted molar refractivity (Wildman–Crippen MR) is 78.8 cm³/mol. The Morgan fingerprint density at radius 2 is 1.95 bits per heavy atom. The number of benzene rings is 1. The molecule has 1 heterocycles. The van der Waals surface area contributed by atoms with E-state index in [4.69, 9.17) is 5.73 Å². The Hall–Kier alpha value is -1.37. The summed E-state index contributed by atoms with van der Waals surface area (Å²) in [4.78, 5) is 1.40. The van der Waals surface area contributed by atoms with Crippen LogP contribution in [-0.2, 0) is 10.0 Å². The van der Waals surface area contributed by atoms with E-state index in [0.717, 1.165) is 0 Å². The summed E-state index contributed by atoms with van der Waals surface area (Å²) in [6, 6.07) is 10.1. The van der Waals surface area contributed by atoms with Crippen molar-refractivity contribution in [2.24, 2.45) is 0 Å². The number of hydrogen-bond acceptors (Lipinski definition) is 4. The topological polar surface area (TPSA) is 72.2 Å². The molecule has 0 fully saturated rings. The first-order valence-corrected chi connectivity index (χ1v) is 8.24. The van der Waals surface area contributed by atoms with Crippen LogP contribution in [0.15, 0.2) is 46.7 Å². The van der Waals surface area contributed by atoms with Gasteiger partial charge in [0.15, 0.2) is 0 Å². The monoisotopic (exact) mass is 296 g/mol. The van der Waals surface area contributed by atoms with Gasteiger partial charge in [0.2, 0.25) is 10.0 Å². The molecule has 0 saturated carbocycles. The number of rotatable bonds is 5. The molecule has 1 aromatic carbocycles. The second-order valence-electron chi connectivity index (χ2n) is 4.34. The molecule has 0 saturated heterocycles. The number of anilines is 1. The third kappa shape index (κ3) is 3.56. The molecule has 0 aliphatic carbocycles. The van der Waals surface area contributed by atoms with Crippen molar-refractivity contribution in [2.45, 2.75) is 17.7 Å². The lowest BCUT2D eigenvalue weighted by molar-refractivity contribution is 0.575. The molecule has 3 N–H and O–H groups in total. The number of nitrogen functional groups attached to an aromatic ring is 1. The van der Waals surface area contributed by atoms with E-state index in [1.54, 1.807) is 23.5 Å². The van der Waals surface area contributed by atoms with Crippen LogP contribution < -0.4 is 10.5 Å². The van der Waals surface area contributed by atoms with Gasteiger partial charge in [0, 0.05) is 23.0 Å². The fourth-order valence-electron chi connectivity index (χ4n) is 1.64. The zero-order valence-corrected chi connectivity index (χ0v) is 12.2. The summed E-state index contributed by atoms with van der Waals surface area (Å²) in [6.07, 6.45) is 0. The van der Waals surface area contributed by atoms with E-state index in [1.807, 2.05) is 24.4 Å². The molecule has 0 bridgehead atoms. The molecule has 102 valence electrons. The van der Waals surface area contributed by atoms with Crippen LogP contribution in [-0.4, -0.2) is 15.0 Å². The third-order valence-electron chi connectivity index (χ3n) is 2.80. The van der Waals surface area contributed by atoms with Gasteiger partial charge in [-0.2, -0.15) is 0 Å². The first kappa shape index (κ1) is 14.0. The molecule has 0 radical (unpaired) electrons. The molecular formula is C13H16N2O2S2. The average Bonchev–Trinajstić information content (AvgIpc) is 2.90. The van der Waals surface area contributed by atoms with Crippen molar-refractivity contribution in [3.63, 3.8) is 0 Å². The standard InChI is InChI=1S/C13H16N2O2S2/c1-10(13-3-2-8-18-13)9-15-19(16,17)12-6-4-11(14)5-7-12/h2-8,10,15H,9,14H2,1H3/t10-/m0/s1. The normalized spacial score (nSPS) is 13.3. The van der Waals surface area contributed by atoms with Crippen LogP contribution in [0.4, 0.5) is 5.69 Å². The number of hydrogen-bond donors (Lipinski definition) is 2. The van der Waals surface area contributed by atoms with E-state index in [-0.39, 0.29) is 10.8 Å². The Morgan fingerprint density at radius 1 is 1.26 bits per heavy atom. The zero-order valence-electron chi connectivity index (χ0n) is 10.5. The van der Waals surface area contributed by atoms with Gasteiger partial charge in [-0.05, 0) is 35.7 Å². The second-order valence-corrected chi connectivity index (χ2v) is 7.08. The zero-order chi connectivity index (χ0) is 13.9. The van der Waals surface area contributed by atoms with Gasteiger partial charge in [-0.25, -0.2) is 13.1 Å². The van der Waals surface area contributed by atoms with Crippen LogP contribution in [0.5, 0.6) is 0 Å². The fraction of sp³-hybridized carbons (Fsp3) is 0.231. The molecule has 1 atom stereocenters. The Morgan fingerprint density at radius 3 is 2.53 bits per heavy atom. The average molecular weight is 296 g/mol. The van der Waals surface area contributed by atoms with Crippen LogP contribution in [0.3, 0.4) is 0 Å². The van der Waals surface area contributed by atoms with Gasteiger partial charge in [0.05, 0.1) is 4.90 Å². The first-order chi connectivity index (χ1) is 8.99. The molecule has 0 spiro atoms. The van der Waals surface area contributed by atoms with E-state index >= 15 is 0 Å². The minimum Gasteiger partial charge on any atom is -0.399 e. The molecule has 0 amide bonds. The SMILES string of the molecule is C[C@@H](CNS(=O)(=O)c1ccc(N)cc1)c1cccs1. The predicted octanol–water partition coefficient (Wildman–Crippen LogP) is 2.41. The largest absolute Gasteiger partial charge is 0.399 e. The van der Waals surface area contributed by atoms with Gasteiger partial charge in [0.1, 0.15) is 0 Å². The van der Waals surface area contributed by atoms with Crippen molar-refractivity contribution in [2.75, 3.05) is 12.3 Å². The summed E-state index contributed by atoms with van der Waals surface area (Å²) in [5.74, 6) is 0.156. The lowest BCUT2D eigenvalue weighted by atomic mass is 10.1. The van der Waals surface area contributed by atoms with E-state index in [0.29, 0.717) is 12.2 Å². The van der Waals surface area contributed by atoms with E-state index < -0.39 is 10.0 Å². The minimum atomic E-state index is -3.46. The van der Waals surface area contributed by atoms with E-state index in [2.05, 4.69) is 4.72 Å². The van der Waals surface area contributed by atoms with Gasteiger partial charge < -0.3 is 5.73 Å². The molecule has 0 aliphatic rings. The Labute approximate surface area is 117 Å². The van der Waals surface area contributed by atoms with E-state index in [9.17, 15) is 8.42 Å². The summed E-state index contributed by atoms with van der Waals surface area (Å²) in [7, 11) is -3.46. The number of sulfonamides is 1. The highest BCUT2D eigenvalue weighted by molar-refractivity contribution is 7.89. The summed E-state index contributed by atoms with van der Waals surface area (Å²) in [5.41, 5.74) is 6.09. The molecule has 1 aromatic heterocycles. The number of nitrogens with two attached hydrogens (primary N) is 1. The van der Waals surface area contributed by atoms with Gasteiger partial charge in [-0.3, -0.25) is 0 Å². The molecule has 2 rings (SSSR count). The Balaban J connectivity index is 2.04. The van der Waals surface area contributed by atoms with Gasteiger partial charge in [-0.15, -0.1) is 11.3 Å². The van der Waals surface area contributed by atoms with Crippen LogP contribution in [0.25, 0.3) is 0 Å². The summed E-state index contributed by atoms with van der Waals surface area (Å²) >= 11 is 1.63. The summed E-state index contributed by atoms with van der Waals surface area (Å²) in [5, 5.41) is 1.99. The molecule has 4 nitrogen and oxygen atoms in total. The smallest absolute Gasteiger partial charge is 0.240 e. The Bertz CT molecular complexity index is 619. The lowest BCUT2D eigenvalue weighted by Crippen LogP contribution is -2.27. The minimum absolute atomic E-state index is 0.156. The Kier molecular flexibility index (Phi) is 4.24. The van der Waals surface area contributed by atoms with Crippen LogP contribution in [0.1, 0.15) is 17.7 Å². The highest BCUT2D eigenvalue weighted by atomic mass is 32.2. The van der Waals surface area contributed by atoms with Crippen molar-refractivity contribution < 1.29 is 8.42 Å². The van der Waals surface area contributed by atoms with Crippen LogP contribution in [0.2, 0.25) is 0 Å². The highest BCUT2D eigenvalue weighted by Crippen LogP contribution is 2.20. The first-order valence-electron chi connectivity index (χ1n) is 5.87. The summed E-state index contributed by atoms with van der Waals surface area (Å²) < 4.78 is 26.8. The van der Waals surface area contributed by atoms with Crippen LogP contribution >= 0.6 is 11.3 Å². The summed E-state index contributed by atoms with van der Waals surface area (Å²) in [6.45, 7) is 2.38. The van der Waals surface area contributed by atoms with Crippen molar-refractivity contribution in [1.29, 1.82) is 0 Å². The third-order valence-corrected chi connectivity index (χ3v) is 5.34. The maximum absolute atomic E-state index is 12.1. The molecular weight excluding hydrogens is 280 g/mol. The van der Waals surface area contributed by atoms with Crippen LogP contribution in [0, 0.1) is 0 Å². The molecule has 19 heavy (non-hydrogen) atoms. The maximum atomic E-state index is 12.1. The fourth-order valence-corrected chi connectivity index (χ4v) is 3.55. The molecule has 0 unspecified atom stereocenters.